The van der Waals surface area contributed by atoms with Crippen molar-refractivity contribution in [3.05, 3.63) is 70.2 Å². The van der Waals surface area contributed by atoms with Crippen molar-refractivity contribution in [2.75, 3.05) is 5.32 Å². The van der Waals surface area contributed by atoms with Crippen LogP contribution in [0.25, 0.3) is 10.9 Å². The molecule has 2 aromatic carbocycles. The summed E-state index contributed by atoms with van der Waals surface area (Å²) in [4.78, 5) is 13.3. The minimum Gasteiger partial charge on any atom is -0.378 e. The monoisotopic (exact) mass is 285 g/mol. The molecular weight excluding hydrogens is 273 g/mol. The summed E-state index contributed by atoms with van der Waals surface area (Å²) in [5.41, 5.74) is 1.96. The van der Waals surface area contributed by atoms with Gasteiger partial charge in [0, 0.05) is 35.8 Å². The summed E-state index contributed by atoms with van der Waals surface area (Å²) in [5.74, 6) is -0.512. The number of halogens is 1. The number of benzene rings is 2. The van der Waals surface area contributed by atoms with E-state index >= 15 is 0 Å². The largest absolute Gasteiger partial charge is 0.378 e. The van der Waals surface area contributed by atoms with Crippen LogP contribution in [-0.2, 0) is 6.54 Å². The fourth-order valence-electron chi connectivity index (χ4n) is 2.26. The molecule has 1 aromatic heterocycles. The Hall–Kier alpha value is -2.89. The summed E-state index contributed by atoms with van der Waals surface area (Å²) >= 11 is 0. The van der Waals surface area contributed by atoms with Crippen LogP contribution >= 0.6 is 0 Å². The number of hydrogen-bond donors (Lipinski definition) is 2. The van der Waals surface area contributed by atoms with Gasteiger partial charge in [0.15, 0.2) is 0 Å². The molecule has 0 radical (unpaired) electrons. The van der Waals surface area contributed by atoms with Crippen molar-refractivity contribution in [1.29, 1.82) is 0 Å². The predicted octanol–water partition coefficient (Wildman–Crippen LogP) is 3.83. The number of rotatable bonds is 4. The van der Waals surface area contributed by atoms with Crippen molar-refractivity contribution < 1.29 is 9.31 Å². The summed E-state index contributed by atoms with van der Waals surface area (Å²) < 4.78 is 13.7. The first-order valence-electron chi connectivity index (χ1n) is 6.38. The van der Waals surface area contributed by atoms with Crippen LogP contribution in [-0.4, -0.2) is 9.91 Å². The van der Waals surface area contributed by atoms with Gasteiger partial charge in [-0.2, -0.15) is 0 Å². The van der Waals surface area contributed by atoms with Gasteiger partial charge in [-0.15, -0.1) is 0 Å². The van der Waals surface area contributed by atoms with Crippen LogP contribution in [0.4, 0.5) is 15.8 Å². The van der Waals surface area contributed by atoms with Gasteiger partial charge in [0.1, 0.15) is 5.82 Å². The molecular formula is C15H12FN3O2. The number of non-ortho nitro benzene ring substituents is 1. The maximum Gasteiger partial charge on any atom is 0.271 e. The van der Waals surface area contributed by atoms with Gasteiger partial charge in [-0.1, -0.05) is 12.1 Å². The van der Waals surface area contributed by atoms with Gasteiger partial charge < -0.3 is 10.3 Å². The molecule has 106 valence electrons. The lowest BCUT2D eigenvalue weighted by Gasteiger charge is -2.08. The van der Waals surface area contributed by atoms with Gasteiger partial charge in [0.25, 0.3) is 5.69 Å². The molecule has 3 rings (SSSR count). The SMILES string of the molecule is O=[N+]([O-])c1ccc(F)c(NCc2cccc3[nH]ccc23)c1. The zero-order chi connectivity index (χ0) is 14.8. The number of aromatic amines is 1. The Morgan fingerprint density at radius 1 is 1.24 bits per heavy atom. The summed E-state index contributed by atoms with van der Waals surface area (Å²) in [6.45, 7) is 0.382. The number of fused-ring (bicyclic) bond motifs is 1. The van der Waals surface area contributed by atoms with Gasteiger partial charge in [0.05, 0.1) is 10.6 Å². The predicted molar refractivity (Wildman–Crippen MR) is 78.7 cm³/mol. The lowest BCUT2D eigenvalue weighted by molar-refractivity contribution is -0.384. The normalized spacial score (nSPS) is 10.7. The Balaban J connectivity index is 1.86. The molecule has 0 spiro atoms. The smallest absolute Gasteiger partial charge is 0.271 e. The molecule has 0 aliphatic rings. The maximum atomic E-state index is 13.7. The van der Waals surface area contributed by atoms with Crippen molar-refractivity contribution >= 4 is 22.3 Å². The van der Waals surface area contributed by atoms with E-state index in [2.05, 4.69) is 10.3 Å². The van der Waals surface area contributed by atoms with E-state index in [1.54, 1.807) is 0 Å². The number of nitrogens with one attached hydrogen (secondary N) is 2. The van der Waals surface area contributed by atoms with Crippen LogP contribution in [0.5, 0.6) is 0 Å². The van der Waals surface area contributed by atoms with E-state index in [0.717, 1.165) is 28.6 Å². The van der Waals surface area contributed by atoms with Gasteiger partial charge in [-0.3, -0.25) is 10.1 Å². The van der Waals surface area contributed by atoms with E-state index in [1.807, 2.05) is 30.5 Å². The zero-order valence-corrected chi connectivity index (χ0v) is 11.0. The van der Waals surface area contributed by atoms with Crippen molar-refractivity contribution in [1.82, 2.24) is 4.98 Å². The Kier molecular flexibility index (Phi) is 3.27. The molecule has 1 heterocycles. The number of nitrogens with zero attached hydrogens (tertiary/aromatic N) is 1. The van der Waals surface area contributed by atoms with Crippen molar-refractivity contribution in [2.24, 2.45) is 0 Å². The van der Waals surface area contributed by atoms with Gasteiger partial charge in [-0.25, -0.2) is 4.39 Å². The first-order chi connectivity index (χ1) is 10.1. The quantitative estimate of drug-likeness (QED) is 0.565. The Morgan fingerprint density at radius 3 is 2.90 bits per heavy atom. The highest BCUT2D eigenvalue weighted by atomic mass is 19.1. The van der Waals surface area contributed by atoms with Gasteiger partial charge in [-0.05, 0) is 23.8 Å². The molecule has 0 atom stereocenters. The number of anilines is 1. The minimum atomic E-state index is -0.544. The lowest BCUT2D eigenvalue weighted by Crippen LogP contribution is -2.02. The van der Waals surface area contributed by atoms with Crippen LogP contribution in [0.15, 0.2) is 48.7 Å². The van der Waals surface area contributed by atoms with Gasteiger partial charge in [0.2, 0.25) is 0 Å². The fraction of sp³-hybridized carbons (Fsp3) is 0.0667. The average Bonchev–Trinajstić information content (AvgIpc) is 2.95. The van der Waals surface area contributed by atoms with Crippen LogP contribution < -0.4 is 5.32 Å². The third-order valence-electron chi connectivity index (χ3n) is 3.32. The molecule has 0 saturated heterocycles. The molecule has 6 heteroatoms. The molecule has 21 heavy (non-hydrogen) atoms. The molecule has 0 aliphatic carbocycles. The van der Waals surface area contributed by atoms with E-state index in [0.29, 0.717) is 6.54 Å². The maximum absolute atomic E-state index is 13.7. The van der Waals surface area contributed by atoms with Crippen LogP contribution in [0.2, 0.25) is 0 Å². The number of aromatic nitrogens is 1. The van der Waals surface area contributed by atoms with E-state index < -0.39 is 10.7 Å². The van der Waals surface area contributed by atoms with Crippen molar-refractivity contribution in [3.8, 4) is 0 Å². The summed E-state index contributed by atoms with van der Waals surface area (Å²) in [7, 11) is 0. The Morgan fingerprint density at radius 2 is 2.10 bits per heavy atom. The second-order valence-electron chi connectivity index (χ2n) is 4.63. The number of nitro groups is 1. The van der Waals surface area contributed by atoms with E-state index in [4.69, 9.17) is 0 Å². The topological polar surface area (TPSA) is 71.0 Å². The number of H-pyrrole nitrogens is 1. The number of hydrogen-bond acceptors (Lipinski definition) is 3. The Bertz CT molecular complexity index is 814. The van der Waals surface area contributed by atoms with E-state index in [-0.39, 0.29) is 11.4 Å². The molecule has 0 aliphatic heterocycles. The molecule has 0 saturated carbocycles. The highest BCUT2D eigenvalue weighted by molar-refractivity contribution is 5.83. The minimum absolute atomic E-state index is 0.122. The lowest BCUT2D eigenvalue weighted by atomic mass is 10.1. The summed E-state index contributed by atoms with van der Waals surface area (Å²) in [5, 5.41) is 14.7. The molecule has 2 N–H and O–H groups in total. The highest BCUT2D eigenvalue weighted by Crippen LogP contribution is 2.23. The Labute approximate surface area is 119 Å². The molecule has 0 amide bonds. The molecule has 5 nitrogen and oxygen atoms in total. The van der Waals surface area contributed by atoms with E-state index in [9.17, 15) is 14.5 Å². The second kappa shape index (κ2) is 5.24. The second-order valence-corrected chi connectivity index (χ2v) is 4.63. The molecule has 0 unspecified atom stereocenters. The zero-order valence-electron chi connectivity index (χ0n) is 11.0. The highest BCUT2D eigenvalue weighted by Gasteiger charge is 2.11. The third kappa shape index (κ3) is 2.55. The first kappa shape index (κ1) is 13.1. The summed E-state index contributed by atoms with van der Waals surface area (Å²) in [6.07, 6.45) is 1.84. The standard InChI is InChI=1S/C15H12FN3O2/c16-13-5-4-11(19(20)21)8-15(13)18-9-10-2-1-3-14-12(10)6-7-17-14/h1-8,17-18H,9H2. The van der Waals surface area contributed by atoms with Crippen LogP contribution in [0.3, 0.4) is 0 Å². The average molecular weight is 285 g/mol. The molecule has 0 fully saturated rings. The fourth-order valence-corrected chi connectivity index (χ4v) is 2.26. The third-order valence-corrected chi connectivity index (χ3v) is 3.32. The molecule has 3 aromatic rings. The molecule has 0 bridgehead atoms. The van der Waals surface area contributed by atoms with Crippen LogP contribution in [0.1, 0.15) is 5.56 Å². The van der Waals surface area contributed by atoms with Gasteiger partial charge >= 0.3 is 0 Å². The summed E-state index contributed by atoms with van der Waals surface area (Å²) in [6, 6.07) is 11.2. The van der Waals surface area contributed by atoms with Crippen molar-refractivity contribution in [2.45, 2.75) is 6.54 Å². The van der Waals surface area contributed by atoms with E-state index in [1.165, 1.54) is 6.07 Å². The first-order valence-corrected chi connectivity index (χ1v) is 6.38. The van der Waals surface area contributed by atoms with Crippen LogP contribution in [0, 0.1) is 15.9 Å². The number of nitro benzene ring substituents is 1. The van der Waals surface area contributed by atoms with Crippen molar-refractivity contribution in [3.63, 3.8) is 0 Å².